The van der Waals surface area contributed by atoms with Gasteiger partial charge in [-0.05, 0) is 12.1 Å². The van der Waals surface area contributed by atoms with Crippen molar-refractivity contribution in [3.63, 3.8) is 0 Å². The minimum atomic E-state index is 0. The van der Waals surface area contributed by atoms with Crippen LogP contribution < -0.4 is 0 Å². The van der Waals surface area contributed by atoms with Crippen molar-refractivity contribution in [2.24, 2.45) is 0 Å². The minimum absolute atomic E-state index is 0. The van der Waals surface area contributed by atoms with Crippen LogP contribution in [-0.4, -0.2) is 19.6 Å². The summed E-state index contributed by atoms with van der Waals surface area (Å²) in [5.41, 5.74) is 0. The average molecular weight is 182 g/mol. The maximum atomic E-state index is 4.05. The number of aromatic nitrogens is 4. The third-order valence-corrected chi connectivity index (χ3v) is 1.41. The summed E-state index contributed by atoms with van der Waals surface area (Å²) in [5.74, 6) is 0. The maximum absolute atomic E-state index is 4.05. The van der Waals surface area contributed by atoms with Crippen LogP contribution in [0.1, 0.15) is 0 Å². The molecule has 0 bridgehead atoms. The Morgan fingerprint density at radius 3 is 1.75 bits per heavy atom. The Balaban J connectivity index is 0.000000720. The van der Waals surface area contributed by atoms with Gasteiger partial charge in [-0.25, -0.2) is 0 Å². The minimum Gasteiger partial charge on any atom is -0.251 e. The number of hydrogen-bond donors (Lipinski definition) is 0. The molecule has 2 rings (SSSR count). The molecule has 0 unspecified atom stereocenters. The first-order chi connectivity index (χ1) is 5.45. The van der Waals surface area contributed by atoms with Crippen LogP contribution in [0.2, 0.25) is 0 Å². The molecule has 0 aliphatic rings. The van der Waals surface area contributed by atoms with E-state index in [1.807, 2.05) is 33.9 Å². The quantitative estimate of drug-likeness (QED) is 0.685. The molecule has 0 N–H and O–H groups in total. The van der Waals surface area contributed by atoms with Crippen molar-refractivity contribution in [1.82, 2.24) is 19.6 Å². The maximum Gasteiger partial charge on any atom is 0.133 e. The van der Waals surface area contributed by atoms with Crippen LogP contribution >= 0.6 is 13.5 Å². The van der Waals surface area contributed by atoms with Crippen molar-refractivity contribution in [3.8, 4) is 0 Å². The van der Waals surface area contributed by atoms with E-state index in [2.05, 4.69) is 10.2 Å². The lowest BCUT2D eigenvalue weighted by Crippen LogP contribution is -2.08. The second-order valence-electron chi connectivity index (χ2n) is 2.23. The molecule has 64 valence electrons. The van der Waals surface area contributed by atoms with E-state index in [9.17, 15) is 0 Å². The highest BCUT2D eigenvalue weighted by molar-refractivity contribution is 7.59. The lowest BCUT2D eigenvalue weighted by molar-refractivity contribution is 0.503. The Bertz CT molecular complexity index is 268. The van der Waals surface area contributed by atoms with E-state index < -0.39 is 0 Å². The van der Waals surface area contributed by atoms with Crippen molar-refractivity contribution >= 4 is 13.5 Å². The molecule has 4 nitrogen and oxygen atoms in total. The van der Waals surface area contributed by atoms with Gasteiger partial charge in [0.05, 0.1) is 0 Å². The third-order valence-electron chi connectivity index (χ3n) is 1.41. The van der Waals surface area contributed by atoms with Crippen LogP contribution in [0.25, 0.3) is 0 Å². The summed E-state index contributed by atoms with van der Waals surface area (Å²) in [6.07, 6.45) is 7.32. The van der Waals surface area contributed by atoms with E-state index in [0.29, 0.717) is 6.67 Å². The fourth-order valence-electron chi connectivity index (χ4n) is 0.917. The molecule has 12 heavy (non-hydrogen) atoms. The van der Waals surface area contributed by atoms with Crippen LogP contribution in [0.4, 0.5) is 0 Å². The molecule has 0 aromatic carbocycles. The fourth-order valence-corrected chi connectivity index (χ4v) is 0.917. The van der Waals surface area contributed by atoms with Crippen molar-refractivity contribution in [3.05, 3.63) is 36.9 Å². The fraction of sp³-hybridized carbons (Fsp3) is 0.143. The standard InChI is InChI=1S/C7H8N4.H2S/c1-3-8-10(5-1)7-11-6-2-4-9-11;/h1-6H,7H2;1H2. The van der Waals surface area contributed by atoms with E-state index in [-0.39, 0.29) is 13.5 Å². The lowest BCUT2D eigenvalue weighted by Gasteiger charge is -1.99. The van der Waals surface area contributed by atoms with Crippen molar-refractivity contribution in [2.45, 2.75) is 6.67 Å². The molecular formula is C7H10N4S. The number of hydrogen-bond acceptors (Lipinski definition) is 2. The van der Waals surface area contributed by atoms with E-state index in [0.717, 1.165) is 0 Å². The summed E-state index contributed by atoms with van der Waals surface area (Å²) in [6.45, 7) is 0.681. The predicted molar refractivity (Wildman–Crippen MR) is 50.2 cm³/mol. The second kappa shape index (κ2) is 3.96. The zero-order chi connectivity index (χ0) is 7.52. The smallest absolute Gasteiger partial charge is 0.133 e. The van der Waals surface area contributed by atoms with Crippen LogP contribution in [0.15, 0.2) is 36.9 Å². The van der Waals surface area contributed by atoms with E-state index >= 15 is 0 Å². The van der Waals surface area contributed by atoms with E-state index in [1.54, 1.807) is 12.4 Å². The van der Waals surface area contributed by atoms with Gasteiger partial charge in [-0.15, -0.1) is 0 Å². The van der Waals surface area contributed by atoms with Crippen LogP contribution in [-0.2, 0) is 6.67 Å². The molecule has 0 saturated heterocycles. The Labute approximate surface area is 77.3 Å². The molecule has 0 atom stereocenters. The molecule has 0 amide bonds. The summed E-state index contributed by atoms with van der Waals surface area (Å²) < 4.78 is 3.62. The van der Waals surface area contributed by atoms with Gasteiger partial charge in [0.15, 0.2) is 0 Å². The predicted octanol–water partition coefficient (Wildman–Crippen LogP) is 0.698. The molecule has 0 aliphatic carbocycles. The Morgan fingerprint density at radius 1 is 0.917 bits per heavy atom. The summed E-state index contributed by atoms with van der Waals surface area (Å²) >= 11 is 0. The zero-order valence-corrected chi connectivity index (χ0v) is 7.46. The highest BCUT2D eigenvalue weighted by Crippen LogP contribution is 1.87. The molecule has 0 aliphatic heterocycles. The highest BCUT2D eigenvalue weighted by Gasteiger charge is 1.90. The monoisotopic (exact) mass is 182 g/mol. The number of nitrogens with zero attached hydrogens (tertiary/aromatic N) is 4. The van der Waals surface area contributed by atoms with Gasteiger partial charge in [0, 0.05) is 24.8 Å². The SMILES string of the molecule is S.c1cnn(Cn2cccn2)c1. The van der Waals surface area contributed by atoms with Crippen molar-refractivity contribution in [1.29, 1.82) is 0 Å². The Kier molecular flexibility index (Phi) is 2.93. The molecule has 0 radical (unpaired) electrons. The van der Waals surface area contributed by atoms with E-state index in [4.69, 9.17) is 0 Å². The molecule has 2 aromatic heterocycles. The van der Waals surface area contributed by atoms with Gasteiger partial charge in [-0.3, -0.25) is 9.36 Å². The molecule has 2 aromatic rings. The normalized spacial score (nSPS) is 9.33. The van der Waals surface area contributed by atoms with Crippen LogP contribution in [0.5, 0.6) is 0 Å². The molecule has 5 heteroatoms. The summed E-state index contributed by atoms with van der Waals surface area (Å²) in [7, 11) is 0. The highest BCUT2D eigenvalue weighted by atomic mass is 32.1. The molecule has 2 heterocycles. The largest absolute Gasteiger partial charge is 0.251 e. The summed E-state index contributed by atoms with van der Waals surface area (Å²) in [6, 6.07) is 3.78. The summed E-state index contributed by atoms with van der Waals surface area (Å²) in [5, 5.41) is 8.09. The Morgan fingerprint density at radius 2 is 1.42 bits per heavy atom. The second-order valence-corrected chi connectivity index (χ2v) is 2.23. The van der Waals surface area contributed by atoms with Gasteiger partial charge in [0.1, 0.15) is 6.67 Å². The molecule has 0 spiro atoms. The third kappa shape index (κ3) is 1.88. The van der Waals surface area contributed by atoms with E-state index in [1.165, 1.54) is 0 Å². The Hall–Kier alpha value is -1.23. The molecule has 0 saturated carbocycles. The molecule has 0 fully saturated rings. The first-order valence-corrected chi connectivity index (χ1v) is 3.40. The zero-order valence-electron chi connectivity index (χ0n) is 6.46. The summed E-state index contributed by atoms with van der Waals surface area (Å²) in [4.78, 5) is 0. The first-order valence-electron chi connectivity index (χ1n) is 3.40. The van der Waals surface area contributed by atoms with Crippen molar-refractivity contribution in [2.75, 3.05) is 0 Å². The molecular weight excluding hydrogens is 172 g/mol. The number of rotatable bonds is 2. The lowest BCUT2D eigenvalue weighted by atomic mass is 10.7. The van der Waals surface area contributed by atoms with Gasteiger partial charge in [0.25, 0.3) is 0 Å². The van der Waals surface area contributed by atoms with Gasteiger partial charge >= 0.3 is 0 Å². The van der Waals surface area contributed by atoms with Crippen LogP contribution in [0, 0.1) is 0 Å². The van der Waals surface area contributed by atoms with Gasteiger partial charge in [-0.1, -0.05) is 0 Å². The van der Waals surface area contributed by atoms with Gasteiger partial charge in [0.2, 0.25) is 0 Å². The van der Waals surface area contributed by atoms with Crippen molar-refractivity contribution < 1.29 is 0 Å². The van der Waals surface area contributed by atoms with Crippen LogP contribution in [0.3, 0.4) is 0 Å². The first kappa shape index (κ1) is 8.86. The topological polar surface area (TPSA) is 35.6 Å². The van der Waals surface area contributed by atoms with Gasteiger partial charge in [-0.2, -0.15) is 23.7 Å². The average Bonchev–Trinajstić information content (AvgIpc) is 2.60. The van der Waals surface area contributed by atoms with Gasteiger partial charge < -0.3 is 0 Å².